The smallest absolute Gasteiger partial charge is 0.243 e. The van der Waals surface area contributed by atoms with E-state index in [1.807, 2.05) is 25.1 Å². The van der Waals surface area contributed by atoms with Gasteiger partial charge in [0.1, 0.15) is 5.82 Å². The number of rotatable bonds is 7. The Morgan fingerprint density at radius 1 is 1.17 bits per heavy atom. The Morgan fingerprint density at radius 3 is 2.76 bits per heavy atom. The van der Waals surface area contributed by atoms with Gasteiger partial charge in [0.2, 0.25) is 5.91 Å². The molecule has 0 unspecified atom stereocenters. The Labute approximate surface area is 187 Å². The van der Waals surface area contributed by atoms with Crippen LogP contribution in [0.3, 0.4) is 0 Å². The second kappa shape index (κ2) is 11.3. The summed E-state index contributed by atoms with van der Waals surface area (Å²) in [4.78, 5) is 24.7. The molecule has 154 valence electrons. The summed E-state index contributed by atoms with van der Waals surface area (Å²) >= 11 is 0. The Hall–Kier alpha value is -2.69. The third-order valence-electron chi connectivity index (χ3n) is 4.28. The second-order valence-corrected chi connectivity index (χ2v) is 6.30. The first-order valence-electron chi connectivity index (χ1n) is 9.23. The van der Waals surface area contributed by atoms with Crippen molar-refractivity contribution in [2.45, 2.75) is 19.9 Å². The Morgan fingerprint density at radius 2 is 2.00 bits per heavy atom. The minimum Gasteiger partial charge on any atom is -0.356 e. The molecule has 3 N–H and O–H groups in total. The maximum absolute atomic E-state index is 12.0. The van der Waals surface area contributed by atoms with Crippen LogP contribution in [0.25, 0.3) is 11.0 Å². The number of carbonyl (C=O) groups is 1. The van der Waals surface area contributed by atoms with E-state index in [0.29, 0.717) is 11.6 Å². The summed E-state index contributed by atoms with van der Waals surface area (Å²) in [5.74, 6) is 1.45. The summed E-state index contributed by atoms with van der Waals surface area (Å²) in [7, 11) is 1.68. The fourth-order valence-electron chi connectivity index (χ4n) is 2.95. The lowest BCUT2D eigenvalue weighted by molar-refractivity contribution is -0.115. The van der Waals surface area contributed by atoms with Crippen molar-refractivity contribution >= 4 is 52.6 Å². The van der Waals surface area contributed by atoms with Crippen LogP contribution in [0.2, 0.25) is 0 Å². The molecule has 0 radical (unpaired) electrons. The molecule has 1 amide bonds. The van der Waals surface area contributed by atoms with Gasteiger partial charge in [-0.25, -0.2) is 4.98 Å². The maximum Gasteiger partial charge on any atom is 0.243 e. The first kappa shape index (κ1) is 22.6. The van der Waals surface area contributed by atoms with E-state index in [0.717, 1.165) is 36.4 Å². The summed E-state index contributed by atoms with van der Waals surface area (Å²) < 4.78 is 2.22. The molecule has 0 aliphatic rings. The zero-order valence-electron chi connectivity index (χ0n) is 16.6. The SMILES string of the molecule is CN=C(NCCCn1c(C)nc2ccccc21)NCC(=O)Nc1cccnc1.I. The summed E-state index contributed by atoms with van der Waals surface area (Å²) in [6, 6.07) is 11.7. The van der Waals surface area contributed by atoms with Gasteiger partial charge in [-0.2, -0.15) is 0 Å². The van der Waals surface area contributed by atoms with Gasteiger partial charge in [0.15, 0.2) is 5.96 Å². The lowest BCUT2D eigenvalue weighted by Gasteiger charge is -2.12. The Bertz CT molecular complexity index is 956. The number of amides is 1. The number of benzene rings is 1. The van der Waals surface area contributed by atoms with Crippen LogP contribution in [0.4, 0.5) is 5.69 Å². The number of pyridine rings is 1. The first-order valence-corrected chi connectivity index (χ1v) is 9.23. The number of carbonyl (C=O) groups excluding carboxylic acids is 1. The second-order valence-electron chi connectivity index (χ2n) is 6.30. The number of aryl methyl sites for hydroxylation is 2. The van der Waals surface area contributed by atoms with Gasteiger partial charge in [-0.1, -0.05) is 12.1 Å². The van der Waals surface area contributed by atoms with Crippen LogP contribution in [0, 0.1) is 6.92 Å². The van der Waals surface area contributed by atoms with Crippen LogP contribution in [-0.2, 0) is 11.3 Å². The van der Waals surface area contributed by atoms with Gasteiger partial charge in [-0.3, -0.25) is 14.8 Å². The van der Waals surface area contributed by atoms with E-state index in [1.165, 1.54) is 0 Å². The van der Waals surface area contributed by atoms with Crippen LogP contribution in [0.5, 0.6) is 0 Å². The number of aliphatic imine (C=N–C) groups is 1. The first-order chi connectivity index (χ1) is 13.7. The zero-order valence-corrected chi connectivity index (χ0v) is 18.9. The molecule has 0 saturated heterocycles. The van der Waals surface area contributed by atoms with Gasteiger partial charge >= 0.3 is 0 Å². The summed E-state index contributed by atoms with van der Waals surface area (Å²) in [6.45, 7) is 3.74. The van der Waals surface area contributed by atoms with Crippen molar-refractivity contribution in [2.24, 2.45) is 4.99 Å². The van der Waals surface area contributed by atoms with E-state index in [4.69, 9.17) is 0 Å². The van der Waals surface area contributed by atoms with Gasteiger partial charge in [0.25, 0.3) is 0 Å². The molecule has 0 atom stereocenters. The number of hydrogen-bond donors (Lipinski definition) is 3. The number of nitrogens with zero attached hydrogens (tertiary/aromatic N) is 4. The van der Waals surface area contributed by atoms with Crippen LogP contribution in [0.15, 0.2) is 53.8 Å². The zero-order chi connectivity index (χ0) is 19.8. The van der Waals surface area contributed by atoms with Crippen molar-refractivity contribution in [3.05, 3.63) is 54.6 Å². The van der Waals surface area contributed by atoms with Crippen molar-refractivity contribution in [2.75, 3.05) is 25.5 Å². The largest absolute Gasteiger partial charge is 0.356 e. The molecule has 3 rings (SSSR count). The molecule has 29 heavy (non-hydrogen) atoms. The number of fused-ring (bicyclic) bond motifs is 1. The Balaban J connectivity index is 0.00000300. The van der Waals surface area contributed by atoms with E-state index in [-0.39, 0.29) is 36.4 Å². The molecule has 1 aromatic carbocycles. The number of anilines is 1. The summed E-state index contributed by atoms with van der Waals surface area (Å²) in [5, 5.41) is 9.02. The van der Waals surface area contributed by atoms with E-state index in [2.05, 4.69) is 41.5 Å². The molecular weight excluding hydrogens is 481 g/mol. The molecule has 0 aliphatic carbocycles. The standard InChI is InChI=1S/C20H25N7O.HI/c1-15-25-17-8-3-4-9-18(17)27(15)12-6-11-23-20(21-2)24-14-19(28)26-16-7-5-10-22-13-16;/h3-5,7-10,13H,6,11-12,14H2,1-2H3,(H,26,28)(H2,21,23,24);1H. The molecule has 2 heterocycles. The van der Waals surface area contributed by atoms with Crippen molar-refractivity contribution in [1.29, 1.82) is 0 Å². The quantitative estimate of drug-likeness (QED) is 0.198. The fourth-order valence-corrected chi connectivity index (χ4v) is 2.95. The lowest BCUT2D eigenvalue weighted by Crippen LogP contribution is -2.41. The van der Waals surface area contributed by atoms with Crippen molar-refractivity contribution in [1.82, 2.24) is 25.2 Å². The monoisotopic (exact) mass is 507 g/mol. The van der Waals surface area contributed by atoms with Crippen molar-refractivity contribution in [3.8, 4) is 0 Å². The minimum absolute atomic E-state index is 0. The molecule has 0 aliphatic heterocycles. The van der Waals surface area contributed by atoms with E-state index in [1.54, 1.807) is 31.6 Å². The molecule has 9 heteroatoms. The highest BCUT2D eigenvalue weighted by atomic mass is 127. The van der Waals surface area contributed by atoms with Crippen LogP contribution >= 0.6 is 24.0 Å². The highest BCUT2D eigenvalue weighted by Crippen LogP contribution is 2.15. The maximum atomic E-state index is 12.0. The van der Waals surface area contributed by atoms with Crippen molar-refractivity contribution in [3.63, 3.8) is 0 Å². The number of aromatic nitrogens is 3. The van der Waals surface area contributed by atoms with Crippen LogP contribution < -0.4 is 16.0 Å². The average Bonchev–Trinajstić information content (AvgIpc) is 3.03. The van der Waals surface area contributed by atoms with Gasteiger partial charge in [-0.05, 0) is 37.6 Å². The predicted molar refractivity (Wildman–Crippen MR) is 127 cm³/mol. The normalized spacial score (nSPS) is 11.0. The number of halogens is 1. The average molecular weight is 507 g/mol. The van der Waals surface area contributed by atoms with E-state index in [9.17, 15) is 4.79 Å². The molecule has 0 bridgehead atoms. The van der Waals surface area contributed by atoms with Gasteiger partial charge in [0, 0.05) is 26.3 Å². The van der Waals surface area contributed by atoms with Gasteiger partial charge in [-0.15, -0.1) is 24.0 Å². The minimum atomic E-state index is -0.156. The molecular formula is C20H26IN7O. The molecule has 0 saturated carbocycles. The Kier molecular flexibility index (Phi) is 8.84. The van der Waals surface area contributed by atoms with Crippen LogP contribution in [0.1, 0.15) is 12.2 Å². The topological polar surface area (TPSA) is 96.2 Å². The number of imidazole rings is 1. The summed E-state index contributed by atoms with van der Waals surface area (Å²) in [6.07, 6.45) is 4.17. The third-order valence-corrected chi connectivity index (χ3v) is 4.28. The molecule has 2 aromatic heterocycles. The molecule has 0 fully saturated rings. The molecule has 3 aromatic rings. The van der Waals surface area contributed by atoms with Gasteiger partial charge in [0.05, 0.1) is 29.5 Å². The fraction of sp³-hybridized carbons (Fsp3) is 0.300. The van der Waals surface area contributed by atoms with Gasteiger partial charge < -0.3 is 20.5 Å². The third kappa shape index (κ3) is 6.41. The molecule has 0 spiro atoms. The number of nitrogens with one attached hydrogen (secondary N) is 3. The van der Waals surface area contributed by atoms with E-state index < -0.39 is 0 Å². The highest BCUT2D eigenvalue weighted by molar-refractivity contribution is 14.0. The van der Waals surface area contributed by atoms with E-state index >= 15 is 0 Å². The lowest BCUT2D eigenvalue weighted by atomic mass is 10.3. The van der Waals surface area contributed by atoms with Crippen LogP contribution in [-0.4, -0.2) is 46.5 Å². The molecule has 8 nitrogen and oxygen atoms in total. The van der Waals surface area contributed by atoms with Crippen molar-refractivity contribution < 1.29 is 4.79 Å². The highest BCUT2D eigenvalue weighted by Gasteiger charge is 2.07. The summed E-state index contributed by atoms with van der Waals surface area (Å²) in [5.41, 5.74) is 2.83. The number of hydrogen-bond acceptors (Lipinski definition) is 4. The number of para-hydroxylation sites is 2. The predicted octanol–water partition coefficient (Wildman–Crippen LogP) is 2.55. The number of guanidine groups is 1.